The van der Waals surface area contributed by atoms with E-state index in [1.807, 2.05) is 5.48 Å². The van der Waals surface area contributed by atoms with Crippen LogP contribution in [0.5, 0.6) is 0 Å². The van der Waals surface area contributed by atoms with Crippen molar-refractivity contribution in [1.29, 1.82) is 0 Å². The number of hydrogen-bond acceptors (Lipinski definition) is 3. The van der Waals surface area contributed by atoms with E-state index in [-0.39, 0.29) is 0 Å². The maximum absolute atomic E-state index is 11.1. The molecule has 1 rings (SSSR count). The van der Waals surface area contributed by atoms with Gasteiger partial charge < -0.3 is 10.4 Å². The van der Waals surface area contributed by atoms with Crippen molar-refractivity contribution < 1.29 is 19.5 Å². The van der Waals surface area contributed by atoms with Gasteiger partial charge in [0, 0.05) is 10.7 Å². The van der Waals surface area contributed by atoms with Gasteiger partial charge in [-0.05, 0) is 24.3 Å². The van der Waals surface area contributed by atoms with Crippen LogP contribution in [0.3, 0.4) is 0 Å². The zero-order valence-corrected chi connectivity index (χ0v) is 8.82. The number of anilines is 1. The molecule has 86 valence electrons. The first-order chi connectivity index (χ1) is 7.58. The van der Waals surface area contributed by atoms with Gasteiger partial charge in [-0.25, -0.2) is 15.1 Å². The average Bonchev–Trinajstić information content (AvgIpc) is 2.21. The fraction of sp³-hybridized carbons (Fsp3) is 0.111. The summed E-state index contributed by atoms with van der Waals surface area (Å²) < 4.78 is 0. The van der Waals surface area contributed by atoms with E-state index >= 15 is 0 Å². The fourth-order valence-corrected chi connectivity index (χ4v) is 0.979. The number of benzene rings is 1. The Morgan fingerprint density at radius 1 is 1.31 bits per heavy atom. The fourth-order valence-electron chi connectivity index (χ4n) is 0.853. The Morgan fingerprint density at radius 3 is 2.50 bits per heavy atom. The molecule has 0 heterocycles. The minimum Gasteiger partial charge on any atom is -0.479 e. The van der Waals surface area contributed by atoms with Crippen molar-refractivity contribution in [3.8, 4) is 0 Å². The summed E-state index contributed by atoms with van der Waals surface area (Å²) in [6, 6.07) is 5.74. The van der Waals surface area contributed by atoms with Crippen LogP contribution in [0.4, 0.5) is 10.5 Å². The van der Waals surface area contributed by atoms with E-state index in [1.165, 1.54) is 0 Å². The molecular formula is C9H9ClN2O4. The highest BCUT2D eigenvalue weighted by atomic mass is 35.5. The summed E-state index contributed by atoms with van der Waals surface area (Å²) in [6.45, 7) is -0.603. The van der Waals surface area contributed by atoms with Crippen LogP contribution < -0.4 is 10.8 Å². The molecule has 0 saturated carbocycles. The highest BCUT2D eigenvalue weighted by Crippen LogP contribution is 2.12. The van der Waals surface area contributed by atoms with Gasteiger partial charge in [0.15, 0.2) is 6.61 Å². The zero-order valence-electron chi connectivity index (χ0n) is 8.07. The van der Waals surface area contributed by atoms with E-state index in [9.17, 15) is 9.59 Å². The lowest BCUT2D eigenvalue weighted by molar-refractivity contribution is -0.143. The first-order valence-electron chi connectivity index (χ1n) is 4.24. The van der Waals surface area contributed by atoms with Crippen molar-refractivity contribution in [1.82, 2.24) is 5.48 Å². The lowest BCUT2D eigenvalue weighted by atomic mass is 10.3. The lowest BCUT2D eigenvalue weighted by Gasteiger charge is -2.06. The highest BCUT2D eigenvalue weighted by Gasteiger charge is 2.02. The average molecular weight is 245 g/mol. The molecule has 16 heavy (non-hydrogen) atoms. The smallest absolute Gasteiger partial charge is 0.343 e. The number of amides is 2. The van der Waals surface area contributed by atoms with Crippen LogP contribution in [-0.4, -0.2) is 23.7 Å². The second kappa shape index (κ2) is 5.94. The van der Waals surface area contributed by atoms with Crippen molar-refractivity contribution in [2.45, 2.75) is 0 Å². The van der Waals surface area contributed by atoms with Gasteiger partial charge in [0.1, 0.15) is 0 Å². The largest absolute Gasteiger partial charge is 0.479 e. The molecule has 0 spiro atoms. The normalized spacial score (nSPS) is 9.56. The first kappa shape index (κ1) is 12.3. The van der Waals surface area contributed by atoms with Gasteiger partial charge in [0.25, 0.3) is 0 Å². The molecule has 1 aromatic rings. The third kappa shape index (κ3) is 4.63. The summed E-state index contributed by atoms with van der Waals surface area (Å²) in [4.78, 5) is 25.5. The maximum atomic E-state index is 11.1. The molecule has 2 amide bonds. The first-order valence-corrected chi connectivity index (χ1v) is 4.62. The van der Waals surface area contributed by atoms with Gasteiger partial charge >= 0.3 is 12.0 Å². The number of nitrogens with one attached hydrogen (secondary N) is 2. The molecule has 1 aromatic carbocycles. The summed E-state index contributed by atoms with van der Waals surface area (Å²) in [6.07, 6.45) is 0. The Morgan fingerprint density at radius 2 is 1.94 bits per heavy atom. The molecule has 0 aliphatic carbocycles. The molecular weight excluding hydrogens is 236 g/mol. The zero-order chi connectivity index (χ0) is 12.0. The van der Waals surface area contributed by atoms with Crippen LogP contribution in [0.15, 0.2) is 24.3 Å². The second-order valence-electron chi connectivity index (χ2n) is 2.75. The Labute approximate surface area is 96.1 Å². The van der Waals surface area contributed by atoms with Crippen LogP contribution >= 0.6 is 11.6 Å². The van der Waals surface area contributed by atoms with E-state index in [4.69, 9.17) is 16.7 Å². The summed E-state index contributed by atoms with van der Waals surface area (Å²) in [5.74, 6) is -1.17. The minimum absolute atomic E-state index is 0.515. The van der Waals surface area contributed by atoms with Crippen molar-refractivity contribution in [2.75, 3.05) is 11.9 Å². The number of carbonyl (C=O) groups is 2. The Hall–Kier alpha value is -1.79. The van der Waals surface area contributed by atoms with Gasteiger partial charge in [0.2, 0.25) is 0 Å². The second-order valence-corrected chi connectivity index (χ2v) is 3.18. The Balaban J connectivity index is 2.34. The minimum atomic E-state index is -1.17. The molecule has 0 atom stereocenters. The van der Waals surface area contributed by atoms with Crippen LogP contribution in [-0.2, 0) is 9.63 Å². The number of hydrogen-bond donors (Lipinski definition) is 3. The number of rotatable bonds is 4. The van der Waals surface area contributed by atoms with Crippen molar-refractivity contribution in [3.63, 3.8) is 0 Å². The number of halogens is 1. The SMILES string of the molecule is O=C(O)CONC(=O)Nc1ccc(Cl)cc1. The number of carboxylic acids is 1. The van der Waals surface area contributed by atoms with Gasteiger partial charge in [-0.1, -0.05) is 11.6 Å². The highest BCUT2D eigenvalue weighted by molar-refractivity contribution is 6.30. The predicted molar refractivity (Wildman–Crippen MR) is 57.2 cm³/mol. The molecule has 0 aliphatic heterocycles. The third-order valence-corrected chi connectivity index (χ3v) is 1.71. The Kier molecular flexibility index (Phi) is 4.56. The van der Waals surface area contributed by atoms with E-state index in [1.54, 1.807) is 24.3 Å². The van der Waals surface area contributed by atoms with Crippen molar-refractivity contribution in [3.05, 3.63) is 29.3 Å². The molecule has 0 unspecified atom stereocenters. The van der Waals surface area contributed by atoms with E-state index in [0.29, 0.717) is 10.7 Å². The van der Waals surface area contributed by atoms with Crippen molar-refractivity contribution >= 4 is 29.3 Å². The quantitative estimate of drug-likeness (QED) is 0.700. The third-order valence-electron chi connectivity index (χ3n) is 1.46. The number of aliphatic carboxylic acids is 1. The van der Waals surface area contributed by atoms with E-state index < -0.39 is 18.6 Å². The maximum Gasteiger partial charge on any atom is 0.343 e. The van der Waals surface area contributed by atoms with Crippen LogP contribution in [0.1, 0.15) is 0 Å². The molecule has 0 aliphatic rings. The molecule has 6 nitrogen and oxygen atoms in total. The summed E-state index contributed by atoms with van der Waals surface area (Å²) in [7, 11) is 0. The summed E-state index contributed by atoms with van der Waals surface area (Å²) in [5.41, 5.74) is 2.43. The monoisotopic (exact) mass is 244 g/mol. The van der Waals surface area contributed by atoms with E-state index in [2.05, 4.69) is 10.2 Å². The summed E-state index contributed by atoms with van der Waals surface area (Å²) in [5, 5.41) is 11.2. The number of carbonyl (C=O) groups excluding carboxylic acids is 1. The molecule has 0 aromatic heterocycles. The molecule has 0 saturated heterocycles. The van der Waals surface area contributed by atoms with Gasteiger partial charge in [-0.15, -0.1) is 0 Å². The van der Waals surface area contributed by atoms with Gasteiger partial charge in [-0.3, -0.25) is 4.84 Å². The predicted octanol–water partition coefficient (Wildman–Crippen LogP) is 1.48. The van der Waals surface area contributed by atoms with Crippen LogP contribution in [0.25, 0.3) is 0 Å². The molecule has 7 heteroatoms. The summed E-state index contributed by atoms with van der Waals surface area (Å²) >= 11 is 5.65. The van der Waals surface area contributed by atoms with Gasteiger partial charge in [0.05, 0.1) is 0 Å². The van der Waals surface area contributed by atoms with Crippen LogP contribution in [0, 0.1) is 0 Å². The van der Waals surface area contributed by atoms with Crippen LogP contribution in [0.2, 0.25) is 5.02 Å². The number of urea groups is 1. The topological polar surface area (TPSA) is 87.7 Å². The van der Waals surface area contributed by atoms with E-state index in [0.717, 1.165) is 0 Å². The van der Waals surface area contributed by atoms with Gasteiger partial charge in [-0.2, -0.15) is 0 Å². The molecule has 0 fully saturated rings. The molecule has 3 N–H and O–H groups in total. The Bertz CT molecular complexity index is 380. The lowest BCUT2D eigenvalue weighted by Crippen LogP contribution is -2.30. The molecule has 0 bridgehead atoms. The number of hydroxylamine groups is 1. The van der Waals surface area contributed by atoms with Crippen molar-refractivity contribution in [2.24, 2.45) is 0 Å². The number of carboxylic acid groups (broad SMARTS) is 1. The molecule has 0 radical (unpaired) electrons. The standard InChI is InChI=1S/C9H9ClN2O4/c10-6-1-3-7(4-2-6)11-9(15)12-16-5-8(13)14/h1-4H,5H2,(H,13,14)(H2,11,12,15).